The average Bonchev–Trinajstić information content (AvgIpc) is 2.15. The van der Waals surface area contributed by atoms with Crippen LogP contribution in [0.4, 0.5) is 19.1 Å². The molecule has 1 aromatic heterocycles. The summed E-state index contributed by atoms with van der Waals surface area (Å²) in [5.41, 5.74) is 6.58. The maximum atomic E-state index is 12.4. The third-order valence-corrected chi connectivity index (χ3v) is 2.63. The van der Waals surface area contributed by atoms with E-state index in [1.54, 1.807) is 0 Å². The van der Waals surface area contributed by atoms with E-state index in [1.807, 2.05) is 0 Å². The van der Waals surface area contributed by atoms with Crippen LogP contribution >= 0.6 is 0 Å². The van der Waals surface area contributed by atoms with Gasteiger partial charge in [-0.3, -0.25) is 0 Å². The Bertz CT molecular complexity index is 375. The number of fused-ring (bicyclic) bond motifs is 1. The zero-order chi connectivity index (χ0) is 11.1. The van der Waals surface area contributed by atoms with E-state index >= 15 is 0 Å². The van der Waals surface area contributed by atoms with Crippen LogP contribution in [0.25, 0.3) is 0 Å². The van der Waals surface area contributed by atoms with Crippen LogP contribution < -0.4 is 5.73 Å². The van der Waals surface area contributed by atoms with Gasteiger partial charge in [-0.15, -0.1) is 0 Å². The Morgan fingerprint density at radius 2 is 2.13 bits per heavy atom. The molecule has 0 radical (unpaired) electrons. The van der Waals surface area contributed by atoms with E-state index in [0.717, 1.165) is 0 Å². The van der Waals surface area contributed by atoms with E-state index in [4.69, 9.17) is 5.73 Å². The van der Waals surface area contributed by atoms with Crippen LogP contribution in [0.2, 0.25) is 0 Å². The fourth-order valence-corrected chi connectivity index (χ4v) is 1.80. The lowest BCUT2D eigenvalue weighted by Crippen LogP contribution is -2.29. The molecule has 6 heteroatoms. The molecule has 1 aromatic rings. The predicted octanol–water partition coefficient (Wildman–Crippen LogP) is 1.73. The van der Waals surface area contributed by atoms with Crippen LogP contribution in [-0.2, 0) is 12.8 Å². The van der Waals surface area contributed by atoms with Gasteiger partial charge in [-0.2, -0.15) is 13.2 Å². The second-order valence-corrected chi connectivity index (χ2v) is 3.68. The first-order valence-electron chi connectivity index (χ1n) is 4.64. The molecule has 1 unspecified atom stereocenters. The summed E-state index contributed by atoms with van der Waals surface area (Å²) in [6.45, 7) is 0. The number of hydrogen-bond donors (Lipinski definition) is 1. The van der Waals surface area contributed by atoms with E-state index in [9.17, 15) is 13.2 Å². The van der Waals surface area contributed by atoms with Gasteiger partial charge in [0, 0.05) is 11.9 Å². The first kappa shape index (κ1) is 10.2. The first-order valence-corrected chi connectivity index (χ1v) is 4.64. The van der Waals surface area contributed by atoms with Crippen molar-refractivity contribution in [1.29, 1.82) is 0 Å². The van der Waals surface area contributed by atoms with Crippen LogP contribution in [0.15, 0.2) is 6.20 Å². The number of hydrogen-bond acceptors (Lipinski definition) is 3. The molecule has 0 aliphatic heterocycles. The van der Waals surface area contributed by atoms with Crippen LogP contribution in [-0.4, -0.2) is 16.1 Å². The second-order valence-electron chi connectivity index (χ2n) is 3.68. The molecule has 0 aromatic carbocycles. The molecule has 3 nitrogen and oxygen atoms in total. The van der Waals surface area contributed by atoms with Crippen molar-refractivity contribution in [3.63, 3.8) is 0 Å². The summed E-state index contributed by atoms with van der Waals surface area (Å²) in [4.78, 5) is 7.64. The molecule has 1 aliphatic rings. The lowest BCUT2D eigenvalue weighted by Gasteiger charge is -2.25. The lowest BCUT2D eigenvalue weighted by atomic mass is 9.87. The Kier molecular flexibility index (Phi) is 2.28. The minimum Gasteiger partial charge on any atom is -0.368 e. The molecule has 0 spiro atoms. The van der Waals surface area contributed by atoms with Gasteiger partial charge in [0.2, 0.25) is 5.95 Å². The standard InChI is InChI=1S/C9H10F3N3/c10-9(11,12)6-1-2-7-5(3-6)4-14-8(13)15-7/h4,6H,1-3H2,(H2,13,14,15). The number of halogens is 3. The van der Waals surface area contributed by atoms with Crippen LogP contribution in [0.1, 0.15) is 17.7 Å². The zero-order valence-corrected chi connectivity index (χ0v) is 7.88. The maximum absolute atomic E-state index is 12.4. The molecule has 1 aliphatic carbocycles. The summed E-state index contributed by atoms with van der Waals surface area (Å²) in [5.74, 6) is -1.14. The largest absolute Gasteiger partial charge is 0.392 e. The molecule has 0 amide bonds. The number of nitrogen functional groups attached to an aromatic ring is 1. The molecule has 0 fully saturated rings. The van der Waals surface area contributed by atoms with Crippen molar-refractivity contribution in [1.82, 2.24) is 9.97 Å². The Hall–Kier alpha value is -1.33. The number of aryl methyl sites for hydroxylation is 1. The minimum absolute atomic E-state index is 0.0287. The third kappa shape index (κ3) is 2.03. The number of aromatic nitrogens is 2. The van der Waals surface area contributed by atoms with Gasteiger partial charge in [0.25, 0.3) is 0 Å². The molecule has 1 atom stereocenters. The maximum Gasteiger partial charge on any atom is 0.392 e. The summed E-state index contributed by atoms with van der Waals surface area (Å²) in [6, 6.07) is 0. The van der Waals surface area contributed by atoms with Gasteiger partial charge in [0.1, 0.15) is 0 Å². The average molecular weight is 217 g/mol. The molecule has 0 saturated heterocycles. The second kappa shape index (κ2) is 3.36. The number of anilines is 1. The van der Waals surface area contributed by atoms with E-state index in [0.29, 0.717) is 17.7 Å². The van der Waals surface area contributed by atoms with E-state index in [1.165, 1.54) is 6.20 Å². The monoisotopic (exact) mass is 217 g/mol. The Labute approximate surface area is 84.5 Å². The topological polar surface area (TPSA) is 51.8 Å². The van der Waals surface area contributed by atoms with Crippen molar-refractivity contribution in [2.75, 3.05) is 5.73 Å². The number of nitrogens with zero attached hydrogens (tertiary/aromatic N) is 2. The summed E-state index contributed by atoms with van der Waals surface area (Å²) in [5, 5.41) is 0. The van der Waals surface area contributed by atoms with Crippen molar-refractivity contribution >= 4 is 5.95 Å². The summed E-state index contributed by atoms with van der Waals surface area (Å²) < 4.78 is 37.3. The molecular formula is C9H10F3N3. The predicted molar refractivity (Wildman–Crippen MR) is 48.0 cm³/mol. The Morgan fingerprint density at radius 3 is 2.80 bits per heavy atom. The molecular weight excluding hydrogens is 207 g/mol. The van der Waals surface area contributed by atoms with Crippen LogP contribution in [0.3, 0.4) is 0 Å². The van der Waals surface area contributed by atoms with Gasteiger partial charge in [-0.05, 0) is 24.8 Å². The van der Waals surface area contributed by atoms with Crippen LogP contribution in [0, 0.1) is 5.92 Å². The van der Waals surface area contributed by atoms with Gasteiger partial charge < -0.3 is 5.73 Å². The molecule has 2 N–H and O–H groups in total. The first-order chi connectivity index (χ1) is 6.97. The smallest absolute Gasteiger partial charge is 0.368 e. The fourth-order valence-electron chi connectivity index (χ4n) is 1.80. The van der Waals surface area contributed by atoms with Crippen molar-refractivity contribution in [2.24, 2.45) is 5.92 Å². The van der Waals surface area contributed by atoms with Crippen molar-refractivity contribution in [3.8, 4) is 0 Å². The van der Waals surface area contributed by atoms with Crippen molar-refractivity contribution < 1.29 is 13.2 Å². The number of alkyl halides is 3. The number of rotatable bonds is 0. The summed E-state index contributed by atoms with van der Waals surface area (Å²) in [6.07, 6.45) is -2.34. The van der Waals surface area contributed by atoms with Crippen molar-refractivity contribution in [2.45, 2.75) is 25.4 Å². The summed E-state index contributed by atoms with van der Waals surface area (Å²) >= 11 is 0. The van der Waals surface area contributed by atoms with Crippen LogP contribution in [0.5, 0.6) is 0 Å². The van der Waals surface area contributed by atoms with Gasteiger partial charge >= 0.3 is 6.18 Å². The van der Waals surface area contributed by atoms with Gasteiger partial charge in [-0.25, -0.2) is 9.97 Å². The van der Waals surface area contributed by atoms with Gasteiger partial charge in [0.15, 0.2) is 0 Å². The number of nitrogens with two attached hydrogens (primary N) is 1. The molecule has 0 saturated carbocycles. The highest BCUT2D eigenvalue weighted by molar-refractivity contribution is 5.27. The molecule has 82 valence electrons. The molecule has 1 heterocycles. The summed E-state index contributed by atoms with van der Waals surface area (Å²) in [7, 11) is 0. The normalized spacial score (nSPS) is 21.1. The molecule has 15 heavy (non-hydrogen) atoms. The highest BCUT2D eigenvalue weighted by Gasteiger charge is 2.41. The fraction of sp³-hybridized carbons (Fsp3) is 0.556. The highest BCUT2D eigenvalue weighted by Crippen LogP contribution is 2.36. The highest BCUT2D eigenvalue weighted by atomic mass is 19.4. The Morgan fingerprint density at radius 1 is 1.40 bits per heavy atom. The van der Waals surface area contributed by atoms with Crippen molar-refractivity contribution in [3.05, 3.63) is 17.5 Å². The molecule has 2 rings (SSSR count). The Balaban J connectivity index is 2.24. The van der Waals surface area contributed by atoms with Gasteiger partial charge in [0.05, 0.1) is 5.92 Å². The van der Waals surface area contributed by atoms with E-state index < -0.39 is 12.1 Å². The van der Waals surface area contributed by atoms with E-state index in [2.05, 4.69) is 9.97 Å². The SMILES string of the molecule is Nc1ncc2c(n1)CCC(C(F)(F)F)C2. The van der Waals surface area contributed by atoms with Gasteiger partial charge in [-0.1, -0.05) is 0 Å². The third-order valence-electron chi connectivity index (χ3n) is 2.63. The minimum atomic E-state index is -4.13. The molecule has 0 bridgehead atoms. The quantitative estimate of drug-likeness (QED) is 0.719. The zero-order valence-electron chi connectivity index (χ0n) is 7.88. The van der Waals surface area contributed by atoms with E-state index in [-0.39, 0.29) is 18.8 Å². The lowest BCUT2D eigenvalue weighted by molar-refractivity contribution is -0.177.